The van der Waals surface area contributed by atoms with Crippen LogP contribution < -0.4 is 0 Å². The average Bonchev–Trinajstić information content (AvgIpc) is 2.59. The van der Waals surface area contributed by atoms with Gasteiger partial charge in [-0.05, 0) is 32.4 Å². The number of hydrogen-bond donors (Lipinski definition) is 2. The van der Waals surface area contributed by atoms with Gasteiger partial charge in [0.1, 0.15) is 11.4 Å². The van der Waals surface area contributed by atoms with Crippen molar-refractivity contribution >= 4 is 17.5 Å². The molecule has 2 atom stereocenters. The van der Waals surface area contributed by atoms with Gasteiger partial charge in [0, 0.05) is 23.5 Å². The number of carboxylic acid groups (broad SMARTS) is 1. The van der Waals surface area contributed by atoms with Crippen LogP contribution in [0.25, 0.3) is 0 Å². The number of ketones is 2. The molecule has 0 heterocycles. The lowest BCUT2D eigenvalue weighted by molar-refractivity contribution is -0.133. The summed E-state index contributed by atoms with van der Waals surface area (Å²) in [6, 6.07) is 0. The van der Waals surface area contributed by atoms with Crippen LogP contribution in [0.4, 0.5) is 0 Å². The van der Waals surface area contributed by atoms with Crippen molar-refractivity contribution in [3.8, 4) is 0 Å². The van der Waals surface area contributed by atoms with Crippen molar-refractivity contribution in [3.63, 3.8) is 0 Å². The van der Waals surface area contributed by atoms with Crippen LogP contribution in [-0.4, -0.2) is 33.3 Å². The normalized spacial score (nSPS) is 24.9. The van der Waals surface area contributed by atoms with Crippen molar-refractivity contribution in [2.45, 2.75) is 32.3 Å². The summed E-state index contributed by atoms with van der Waals surface area (Å²) >= 11 is 0. The molecule has 0 aliphatic heterocycles. The maximum atomic E-state index is 11.7. The molecule has 0 unspecified atom stereocenters. The maximum absolute atomic E-state index is 11.7. The van der Waals surface area contributed by atoms with Crippen LogP contribution in [0.1, 0.15) is 26.7 Å². The van der Waals surface area contributed by atoms with Gasteiger partial charge in [-0.2, -0.15) is 0 Å². The lowest BCUT2D eigenvalue weighted by atomic mass is 9.88. The molecule has 108 valence electrons. The molecule has 0 aromatic rings. The molecule has 0 amide bonds. The number of carboxylic acids is 1. The van der Waals surface area contributed by atoms with Crippen LogP contribution in [0.2, 0.25) is 0 Å². The third-order valence-electron chi connectivity index (χ3n) is 3.27. The second-order valence-electron chi connectivity index (χ2n) is 5.10. The van der Waals surface area contributed by atoms with E-state index in [2.05, 4.69) is 6.58 Å². The highest BCUT2D eigenvalue weighted by Crippen LogP contribution is 2.30. The Morgan fingerprint density at radius 2 is 2.10 bits per heavy atom. The number of Topliss-reactive ketones (excluding diaryl/α,β-unsaturated/α-hetero) is 1. The zero-order chi connectivity index (χ0) is 15.5. The summed E-state index contributed by atoms with van der Waals surface area (Å²) in [5, 5.41) is 19.1. The second-order valence-corrected chi connectivity index (χ2v) is 5.10. The van der Waals surface area contributed by atoms with Crippen LogP contribution in [-0.2, 0) is 14.4 Å². The monoisotopic (exact) mass is 278 g/mol. The molecule has 1 rings (SSSR count). The first kappa shape index (κ1) is 16.0. The first-order valence-corrected chi connectivity index (χ1v) is 6.25. The Labute approximate surface area is 117 Å². The van der Waals surface area contributed by atoms with Gasteiger partial charge in [0.2, 0.25) is 0 Å². The summed E-state index contributed by atoms with van der Waals surface area (Å²) in [4.78, 5) is 33.8. The van der Waals surface area contributed by atoms with Gasteiger partial charge in [0.05, 0.1) is 0 Å². The van der Waals surface area contributed by atoms with Crippen molar-refractivity contribution in [2.24, 2.45) is 5.92 Å². The minimum Gasteiger partial charge on any atom is -0.478 e. The van der Waals surface area contributed by atoms with E-state index in [0.717, 1.165) is 0 Å². The molecule has 2 N–H and O–H groups in total. The van der Waals surface area contributed by atoms with E-state index < -0.39 is 17.5 Å². The second kappa shape index (κ2) is 5.96. The molecular formula is C15H18O5. The summed E-state index contributed by atoms with van der Waals surface area (Å²) in [5.41, 5.74) is -1.40. The summed E-state index contributed by atoms with van der Waals surface area (Å²) < 4.78 is 0. The number of hydrogen-bond acceptors (Lipinski definition) is 4. The topological polar surface area (TPSA) is 91.7 Å². The van der Waals surface area contributed by atoms with Crippen molar-refractivity contribution in [1.82, 2.24) is 0 Å². The third kappa shape index (κ3) is 3.74. The van der Waals surface area contributed by atoms with Crippen LogP contribution in [0.15, 0.2) is 36.0 Å². The van der Waals surface area contributed by atoms with Gasteiger partial charge in [-0.25, -0.2) is 4.79 Å². The Bertz CT molecular complexity index is 522. The molecule has 0 bridgehead atoms. The largest absolute Gasteiger partial charge is 0.478 e. The van der Waals surface area contributed by atoms with Gasteiger partial charge in [0.25, 0.3) is 0 Å². The van der Waals surface area contributed by atoms with Crippen molar-refractivity contribution in [1.29, 1.82) is 0 Å². The number of carbonyl (C=O) groups excluding carboxylic acids is 2. The Morgan fingerprint density at radius 3 is 2.50 bits per heavy atom. The SMILES string of the molecule is C=C(C(=O)O)[C@@H](/C=C1\C(=O)C=C[C@@]1(C)O)CCC(C)=O. The van der Waals surface area contributed by atoms with Gasteiger partial charge < -0.3 is 15.0 Å². The summed E-state index contributed by atoms with van der Waals surface area (Å²) in [6.07, 6.45) is 4.43. The van der Waals surface area contributed by atoms with Gasteiger partial charge in [-0.3, -0.25) is 4.79 Å². The predicted molar refractivity (Wildman–Crippen MR) is 73.0 cm³/mol. The zero-order valence-electron chi connectivity index (χ0n) is 11.5. The highest BCUT2D eigenvalue weighted by molar-refractivity contribution is 6.09. The molecule has 0 fully saturated rings. The highest BCUT2D eigenvalue weighted by atomic mass is 16.4. The fourth-order valence-corrected chi connectivity index (χ4v) is 1.99. The van der Waals surface area contributed by atoms with Crippen molar-refractivity contribution < 1.29 is 24.6 Å². The van der Waals surface area contributed by atoms with E-state index >= 15 is 0 Å². The number of allylic oxidation sites excluding steroid dienone is 2. The first-order chi connectivity index (χ1) is 9.15. The van der Waals surface area contributed by atoms with Gasteiger partial charge in [0.15, 0.2) is 5.78 Å². The quantitative estimate of drug-likeness (QED) is 0.717. The molecule has 1 aliphatic rings. The van der Waals surface area contributed by atoms with Gasteiger partial charge in [-0.15, -0.1) is 0 Å². The third-order valence-corrected chi connectivity index (χ3v) is 3.27. The van der Waals surface area contributed by atoms with Crippen LogP contribution in [0.5, 0.6) is 0 Å². The fourth-order valence-electron chi connectivity index (χ4n) is 1.99. The van der Waals surface area contributed by atoms with Crippen molar-refractivity contribution in [3.05, 3.63) is 36.0 Å². The average molecular weight is 278 g/mol. The molecule has 0 saturated heterocycles. The Morgan fingerprint density at radius 1 is 1.50 bits per heavy atom. The summed E-state index contributed by atoms with van der Waals surface area (Å²) in [7, 11) is 0. The minimum absolute atomic E-state index is 0.0748. The van der Waals surface area contributed by atoms with Crippen LogP contribution >= 0.6 is 0 Å². The molecular weight excluding hydrogens is 260 g/mol. The van der Waals surface area contributed by atoms with E-state index in [4.69, 9.17) is 5.11 Å². The predicted octanol–water partition coefficient (Wildman–Crippen LogP) is 1.43. The molecule has 5 nitrogen and oxygen atoms in total. The van der Waals surface area contributed by atoms with E-state index in [1.807, 2.05) is 0 Å². The lowest BCUT2D eigenvalue weighted by Crippen LogP contribution is -2.24. The number of rotatable bonds is 6. The molecule has 0 aromatic heterocycles. The zero-order valence-corrected chi connectivity index (χ0v) is 11.5. The van der Waals surface area contributed by atoms with Crippen molar-refractivity contribution in [2.75, 3.05) is 0 Å². The summed E-state index contributed by atoms with van der Waals surface area (Å²) in [6.45, 7) is 6.34. The Balaban J connectivity index is 3.05. The smallest absolute Gasteiger partial charge is 0.331 e. The van der Waals surface area contributed by atoms with E-state index in [9.17, 15) is 19.5 Å². The van der Waals surface area contributed by atoms with Crippen LogP contribution in [0.3, 0.4) is 0 Å². The number of carbonyl (C=O) groups is 3. The molecule has 0 radical (unpaired) electrons. The van der Waals surface area contributed by atoms with E-state index in [1.54, 1.807) is 0 Å². The van der Waals surface area contributed by atoms with Gasteiger partial charge in [-0.1, -0.05) is 12.7 Å². The molecule has 1 aliphatic carbocycles. The van der Waals surface area contributed by atoms with Gasteiger partial charge >= 0.3 is 5.97 Å². The lowest BCUT2D eigenvalue weighted by Gasteiger charge is -2.19. The molecule has 5 heteroatoms. The molecule has 0 saturated carbocycles. The molecule has 0 spiro atoms. The fraction of sp³-hybridized carbons (Fsp3) is 0.400. The van der Waals surface area contributed by atoms with E-state index in [1.165, 1.54) is 32.1 Å². The first-order valence-electron chi connectivity index (χ1n) is 6.25. The highest BCUT2D eigenvalue weighted by Gasteiger charge is 2.33. The molecule has 0 aromatic carbocycles. The van der Waals surface area contributed by atoms with Crippen LogP contribution in [0, 0.1) is 5.92 Å². The maximum Gasteiger partial charge on any atom is 0.331 e. The van der Waals surface area contributed by atoms with E-state index in [-0.39, 0.29) is 35.6 Å². The standard InChI is InChI=1S/C15H18O5/c1-9(16)4-5-11(10(2)14(18)19)8-12-13(17)6-7-15(12,3)20/h6-8,11,20H,2,4-5H2,1,3H3,(H,18,19)/b12-8+/t11-,15-/m1/s1. The summed E-state index contributed by atoms with van der Waals surface area (Å²) in [5.74, 6) is -2.29. The van der Waals surface area contributed by atoms with E-state index in [0.29, 0.717) is 0 Å². The minimum atomic E-state index is -1.41. The number of aliphatic hydroxyl groups is 1. The molecule has 20 heavy (non-hydrogen) atoms. The Hall–Kier alpha value is -2.01. The number of aliphatic carboxylic acids is 1. The Kier molecular flexibility index (Phi) is 4.78.